The van der Waals surface area contributed by atoms with Crippen molar-refractivity contribution in [1.82, 2.24) is 5.32 Å². The molecule has 0 radical (unpaired) electrons. The lowest BCUT2D eigenvalue weighted by atomic mass is 9.94. The van der Waals surface area contributed by atoms with Crippen LogP contribution < -0.4 is 15.0 Å². The Morgan fingerprint density at radius 3 is 2.47 bits per heavy atom. The summed E-state index contributed by atoms with van der Waals surface area (Å²) in [5.41, 5.74) is 3.81. The number of hydrogen-bond donors (Lipinski definition) is 2. The number of nitrogens with zero attached hydrogens (tertiary/aromatic N) is 1. The van der Waals surface area contributed by atoms with Crippen molar-refractivity contribution >= 4 is 35.0 Å². The van der Waals surface area contributed by atoms with Crippen molar-refractivity contribution in [3.05, 3.63) is 70.9 Å². The van der Waals surface area contributed by atoms with Crippen LogP contribution in [0.5, 0.6) is 5.75 Å². The second-order valence-electron chi connectivity index (χ2n) is 7.75. The van der Waals surface area contributed by atoms with Gasteiger partial charge in [0, 0.05) is 18.5 Å². The molecule has 1 unspecified atom stereocenters. The fourth-order valence-electron chi connectivity index (χ4n) is 3.64. The van der Waals surface area contributed by atoms with E-state index >= 15 is 0 Å². The molecular formula is C25H28N2O6S. The number of carbonyl (C=O) groups excluding carboxylic acids is 1. The van der Waals surface area contributed by atoms with E-state index in [2.05, 4.69) is 5.32 Å². The number of esters is 1. The van der Waals surface area contributed by atoms with Crippen LogP contribution in [0.3, 0.4) is 0 Å². The summed E-state index contributed by atoms with van der Waals surface area (Å²) >= 11 is 5.69. The maximum absolute atomic E-state index is 13.2. The molecule has 1 aliphatic rings. The molecule has 34 heavy (non-hydrogen) atoms. The second-order valence-corrected chi connectivity index (χ2v) is 8.13. The van der Waals surface area contributed by atoms with Gasteiger partial charge in [-0.15, -0.1) is 0 Å². The van der Waals surface area contributed by atoms with Gasteiger partial charge in [-0.05, 0) is 61.5 Å². The molecule has 180 valence electrons. The summed E-state index contributed by atoms with van der Waals surface area (Å²) in [4.78, 5) is 25.7. The number of hydrogen-bond acceptors (Lipinski definition) is 6. The molecule has 2 N–H and O–H groups in total. The number of anilines is 1. The summed E-state index contributed by atoms with van der Waals surface area (Å²) in [6.07, 6.45) is -0.0889. The number of allylic oxidation sites excluding steroid dienone is 1. The number of ether oxygens (including phenoxy) is 3. The maximum atomic E-state index is 13.2. The number of carboxylic acids is 1. The number of nitrogens with one attached hydrogen (secondary N) is 1. The zero-order valence-corrected chi connectivity index (χ0v) is 20.2. The van der Waals surface area contributed by atoms with Gasteiger partial charge in [0.15, 0.2) is 5.11 Å². The topological polar surface area (TPSA) is 97.3 Å². The first kappa shape index (κ1) is 25.2. The number of thiocarbonyl (C=S) groups is 1. The van der Waals surface area contributed by atoms with Gasteiger partial charge in [-0.1, -0.05) is 24.3 Å². The Morgan fingerprint density at radius 2 is 1.82 bits per heavy atom. The SMILES string of the molecule is COCCOC(=O)C1=C(C)N(c2cccc(C)c2)C(=S)NC1c1ccc(OCCC(=O)O)cc1. The van der Waals surface area contributed by atoms with E-state index in [9.17, 15) is 9.59 Å². The Balaban J connectivity index is 1.94. The predicted octanol–water partition coefficient (Wildman–Crippen LogP) is 3.75. The van der Waals surface area contributed by atoms with Gasteiger partial charge < -0.3 is 24.6 Å². The molecule has 0 aliphatic carbocycles. The molecule has 0 spiro atoms. The number of carbonyl (C=O) groups is 2. The minimum atomic E-state index is -0.924. The molecule has 9 heteroatoms. The molecule has 1 aliphatic heterocycles. The number of aliphatic carboxylic acids is 1. The van der Waals surface area contributed by atoms with E-state index in [1.807, 2.05) is 55.1 Å². The quantitative estimate of drug-likeness (QED) is 0.297. The Kier molecular flexibility index (Phi) is 8.61. The molecule has 0 bridgehead atoms. The van der Waals surface area contributed by atoms with Gasteiger partial charge in [0.1, 0.15) is 12.4 Å². The van der Waals surface area contributed by atoms with Crippen LogP contribution in [0.15, 0.2) is 59.8 Å². The van der Waals surface area contributed by atoms with Crippen molar-refractivity contribution in [2.75, 3.05) is 31.8 Å². The summed E-state index contributed by atoms with van der Waals surface area (Å²) in [6.45, 7) is 4.33. The Bertz CT molecular complexity index is 1080. The van der Waals surface area contributed by atoms with Crippen molar-refractivity contribution in [2.45, 2.75) is 26.3 Å². The number of aryl methyl sites for hydroxylation is 1. The molecule has 0 saturated heterocycles. The molecular weight excluding hydrogens is 456 g/mol. The summed E-state index contributed by atoms with van der Waals surface area (Å²) in [5.74, 6) is -0.851. The molecule has 0 amide bonds. The van der Waals surface area contributed by atoms with Crippen molar-refractivity contribution in [3.8, 4) is 5.75 Å². The average Bonchev–Trinajstić information content (AvgIpc) is 2.79. The fourth-order valence-corrected chi connectivity index (χ4v) is 4.00. The van der Waals surface area contributed by atoms with Gasteiger partial charge in [-0.25, -0.2) is 4.79 Å². The third kappa shape index (κ3) is 6.12. The van der Waals surface area contributed by atoms with Crippen molar-refractivity contribution < 1.29 is 28.9 Å². The number of rotatable bonds is 10. The normalized spacial score (nSPS) is 15.7. The summed E-state index contributed by atoms with van der Waals surface area (Å²) < 4.78 is 16.0. The highest BCUT2D eigenvalue weighted by Crippen LogP contribution is 2.35. The Labute approximate surface area is 204 Å². The third-order valence-electron chi connectivity index (χ3n) is 5.28. The van der Waals surface area contributed by atoms with Gasteiger partial charge >= 0.3 is 11.9 Å². The van der Waals surface area contributed by atoms with E-state index < -0.39 is 18.0 Å². The van der Waals surface area contributed by atoms with Gasteiger partial charge in [0.25, 0.3) is 0 Å². The smallest absolute Gasteiger partial charge is 0.338 e. The van der Waals surface area contributed by atoms with Crippen LogP contribution in [0.1, 0.15) is 30.5 Å². The molecule has 0 saturated carbocycles. The van der Waals surface area contributed by atoms with Crippen molar-refractivity contribution in [2.24, 2.45) is 0 Å². The lowest BCUT2D eigenvalue weighted by Crippen LogP contribution is -2.48. The minimum Gasteiger partial charge on any atom is -0.493 e. The molecule has 3 rings (SSSR count). The van der Waals surface area contributed by atoms with Crippen molar-refractivity contribution in [1.29, 1.82) is 0 Å². The monoisotopic (exact) mass is 484 g/mol. The summed E-state index contributed by atoms with van der Waals surface area (Å²) in [6, 6.07) is 14.4. The summed E-state index contributed by atoms with van der Waals surface area (Å²) in [5, 5.41) is 12.5. The van der Waals surface area contributed by atoms with Crippen LogP contribution in [0, 0.1) is 6.92 Å². The van der Waals surface area contributed by atoms with Crippen LogP contribution in [0.25, 0.3) is 0 Å². The van der Waals surface area contributed by atoms with Crippen LogP contribution in [0.4, 0.5) is 5.69 Å². The minimum absolute atomic E-state index is 0.0714. The van der Waals surface area contributed by atoms with E-state index in [0.717, 1.165) is 16.8 Å². The fraction of sp³-hybridized carbons (Fsp3) is 0.320. The molecule has 8 nitrogen and oxygen atoms in total. The molecule has 1 atom stereocenters. The lowest BCUT2D eigenvalue weighted by molar-refractivity contribution is -0.141. The van der Waals surface area contributed by atoms with E-state index in [4.69, 9.17) is 31.5 Å². The zero-order valence-electron chi connectivity index (χ0n) is 19.4. The highest BCUT2D eigenvalue weighted by molar-refractivity contribution is 7.80. The van der Waals surface area contributed by atoms with Crippen LogP contribution >= 0.6 is 12.2 Å². The first-order valence-corrected chi connectivity index (χ1v) is 11.2. The lowest BCUT2D eigenvalue weighted by Gasteiger charge is -2.37. The van der Waals surface area contributed by atoms with Crippen LogP contribution in [-0.4, -0.2) is 49.1 Å². The van der Waals surface area contributed by atoms with Crippen molar-refractivity contribution in [3.63, 3.8) is 0 Å². The van der Waals surface area contributed by atoms with Crippen LogP contribution in [0.2, 0.25) is 0 Å². The molecule has 2 aromatic carbocycles. The summed E-state index contributed by atoms with van der Waals surface area (Å²) in [7, 11) is 1.54. The largest absolute Gasteiger partial charge is 0.493 e. The van der Waals surface area contributed by atoms with E-state index in [1.165, 1.54) is 0 Å². The maximum Gasteiger partial charge on any atom is 0.338 e. The first-order valence-electron chi connectivity index (χ1n) is 10.8. The first-order chi connectivity index (χ1) is 16.3. The van der Waals surface area contributed by atoms with E-state index in [0.29, 0.717) is 28.7 Å². The average molecular weight is 485 g/mol. The Morgan fingerprint density at radius 1 is 1.09 bits per heavy atom. The van der Waals surface area contributed by atoms with Gasteiger partial charge in [-0.2, -0.15) is 0 Å². The standard InChI is InChI=1S/C25H28N2O6S/c1-16-5-4-6-19(15-16)27-17(2)22(24(30)33-14-13-31-3)23(26-25(27)34)18-7-9-20(10-8-18)32-12-11-21(28)29/h4-10,15,23H,11-14H2,1-3H3,(H,26,34)(H,28,29). The highest BCUT2D eigenvalue weighted by atomic mass is 32.1. The molecule has 2 aromatic rings. The van der Waals surface area contributed by atoms with Gasteiger partial charge in [-0.3, -0.25) is 9.69 Å². The predicted molar refractivity (Wildman–Crippen MR) is 132 cm³/mol. The molecule has 1 heterocycles. The number of methoxy groups -OCH3 is 1. The number of benzene rings is 2. The zero-order chi connectivity index (χ0) is 24.7. The van der Waals surface area contributed by atoms with Gasteiger partial charge in [0.05, 0.1) is 31.2 Å². The Hall–Kier alpha value is -3.43. The molecule has 0 aromatic heterocycles. The van der Waals surface area contributed by atoms with E-state index in [1.54, 1.807) is 19.2 Å². The van der Waals surface area contributed by atoms with Crippen LogP contribution in [-0.2, 0) is 19.1 Å². The number of carboxylic acid groups (broad SMARTS) is 1. The second kappa shape index (κ2) is 11.6. The van der Waals surface area contributed by atoms with E-state index in [-0.39, 0.29) is 19.6 Å². The third-order valence-corrected chi connectivity index (χ3v) is 5.58. The molecule has 0 fully saturated rings. The highest BCUT2D eigenvalue weighted by Gasteiger charge is 2.35. The van der Waals surface area contributed by atoms with Gasteiger partial charge in [0.2, 0.25) is 0 Å².